The standard InChI is InChI=1S/C30H23F3N2O3S/c31-30(32,33)27-19-29(36)34-28-14-11-23(18-26(27)28)16-21-9-12-25(13-10-21)39(37,38)35-24-8-4-7-22(17-24)15-20-5-2-1-3-6-20/h1-14,17-19,35H,15-16H2,(H,34,36). The van der Waals surface area contributed by atoms with Gasteiger partial charge in [-0.3, -0.25) is 9.52 Å². The molecule has 39 heavy (non-hydrogen) atoms. The van der Waals surface area contributed by atoms with E-state index in [1.54, 1.807) is 36.4 Å². The number of rotatable bonds is 7. The Balaban J connectivity index is 1.33. The molecule has 0 saturated heterocycles. The molecule has 0 aliphatic heterocycles. The molecule has 0 aliphatic carbocycles. The molecule has 2 N–H and O–H groups in total. The molecular weight excluding hydrogens is 525 g/mol. The number of anilines is 1. The molecule has 5 nitrogen and oxygen atoms in total. The highest BCUT2D eigenvalue weighted by atomic mass is 32.2. The van der Waals surface area contributed by atoms with E-state index < -0.39 is 27.3 Å². The topological polar surface area (TPSA) is 79.0 Å². The average Bonchev–Trinajstić information content (AvgIpc) is 2.89. The fourth-order valence-electron chi connectivity index (χ4n) is 4.46. The van der Waals surface area contributed by atoms with Crippen LogP contribution in [0.5, 0.6) is 0 Å². The van der Waals surface area contributed by atoms with Crippen molar-refractivity contribution in [2.75, 3.05) is 4.72 Å². The number of H-pyrrole nitrogens is 1. The second-order valence-electron chi connectivity index (χ2n) is 9.21. The Bertz CT molecular complexity index is 1800. The third kappa shape index (κ3) is 6.21. The zero-order chi connectivity index (χ0) is 27.6. The molecule has 4 aromatic carbocycles. The van der Waals surface area contributed by atoms with Crippen LogP contribution in [0.3, 0.4) is 0 Å². The van der Waals surface area contributed by atoms with Crippen LogP contribution in [0.1, 0.15) is 27.8 Å². The molecule has 9 heteroatoms. The van der Waals surface area contributed by atoms with Crippen LogP contribution < -0.4 is 10.3 Å². The number of benzene rings is 4. The van der Waals surface area contributed by atoms with E-state index in [4.69, 9.17) is 0 Å². The second kappa shape index (κ2) is 10.4. The lowest BCUT2D eigenvalue weighted by Gasteiger charge is -2.12. The van der Waals surface area contributed by atoms with Crippen molar-refractivity contribution in [2.24, 2.45) is 0 Å². The van der Waals surface area contributed by atoms with Crippen LogP contribution in [0.15, 0.2) is 113 Å². The molecule has 0 fully saturated rings. The molecule has 198 valence electrons. The Morgan fingerprint density at radius 3 is 2.00 bits per heavy atom. The van der Waals surface area contributed by atoms with Gasteiger partial charge in [0.25, 0.3) is 10.0 Å². The predicted molar refractivity (Wildman–Crippen MR) is 145 cm³/mol. The predicted octanol–water partition coefficient (Wildman–Crippen LogP) is 6.53. The maximum atomic E-state index is 13.5. The molecule has 1 heterocycles. The third-order valence-electron chi connectivity index (χ3n) is 6.29. The van der Waals surface area contributed by atoms with Crippen LogP contribution in [-0.2, 0) is 29.0 Å². The third-order valence-corrected chi connectivity index (χ3v) is 7.68. The lowest BCUT2D eigenvalue weighted by Crippen LogP contribution is -2.14. The van der Waals surface area contributed by atoms with Gasteiger partial charge >= 0.3 is 6.18 Å². The van der Waals surface area contributed by atoms with Gasteiger partial charge in [-0.05, 0) is 71.5 Å². The largest absolute Gasteiger partial charge is 0.417 e. The Morgan fingerprint density at radius 1 is 0.692 bits per heavy atom. The van der Waals surface area contributed by atoms with E-state index in [9.17, 15) is 26.4 Å². The van der Waals surface area contributed by atoms with Crippen molar-refractivity contribution in [1.29, 1.82) is 0 Å². The summed E-state index contributed by atoms with van der Waals surface area (Å²) in [5.41, 5.74) is 2.10. The first-order chi connectivity index (χ1) is 18.6. The maximum absolute atomic E-state index is 13.5. The van der Waals surface area contributed by atoms with E-state index in [0.717, 1.165) is 16.7 Å². The molecule has 1 aromatic heterocycles. The summed E-state index contributed by atoms with van der Waals surface area (Å²) in [7, 11) is -3.86. The fourth-order valence-corrected chi connectivity index (χ4v) is 5.51. The fraction of sp³-hybridized carbons (Fsp3) is 0.100. The van der Waals surface area contributed by atoms with Gasteiger partial charge < -0.3 is 4.98 Å². The molecular formula is C30H23F3N2O3S. The van der Waals surface area contributed by atoms with Crippen molar-refractivity contribution in [2.45, 2.75) is 23.9 Å². The molecule has 0 bridgehead atoms. The molecule has 0 atom stereocenters. The summed E-state index contributed by atoms with van der Waals surface area (Å²) in [6, 6.07) is 28.3. The van der Waals surface area contributed by atoms with Crippen LogP contribution in [0.2, 0.25) is 0 Å². The summed E-state index contributed by atoms with van der Waals surface area (Å²) in [5, 5.41) is -0.0995. The van der Waals surface area contributed by atoms with Crippen molar-refractivity contribution in [3.8, 4) is 0 Å². The van der Waals surface area contributed by atoms with Crippen LogP contribution in [0.4, 0.5) is 18.9 Å². The van der Waals surface area contributed by atoms with Crippen LogP contribution in [0, 0.1) is 0 Å². The number of hydrogen-bond donors (Lipinski definition) is 2. The molecule has 0 amide bonds. The zero-order valence-electron chi connectivity index (χ0n) is 20.5. The Hall–Kier alpha value is -4.37. The second-order valence-corrected chi connectivity index (χ2v) is 10.9. The summed E-state index contributed by atoms with van der Waals surface area (Å²) < 4.78 is 69.0. The van der Waals surface area contributed by atoms with Crippen molar-refractivity contribution in [3.63, 3.8) is 0 Å². The van der Waals surface area contributed by atoms with E-state index in [1.807, 2.05) is 36.4 Å². The van der Waals surface area contributed by atoms with Gasteiger partial charge in [0.05, 0.1) is 10.5 Å². The number of sulfonamides is 1. The van der Waals surface area contributed by atoms with Crippen LogP contribution in [0.25, 0.3) is 10.9 Å². The summed E-state index contributed by atoms with van der Waals surface area (Å²) >= 11 is 0. The Labute approximate surface area is 223 Å². The summed E-state index contributed by atoms with van der Waals surface area (Å²) in [6.45, 7) is 0. The highest BCUT2D eigenvalue weighted by molar-refractivity contribution is 7.92. The van der Waals surface area contributed by atoms with Gasteiger partial charge in [-0.1, -0.05) is 60.7 Å². The molecule has 0 radical (unpaired) electrons. The normalized spacial score (nSPS) is 12.0. The van der Waals surface area contributed by atoms with Crippen molar-refractivity contribution in [1.82, 2.24) is 4.98 Å². The van der Waals surface area contributed by atoms with Gasteiger partial charge in [0.1, 0.15) is 0 Å². The molecule has 0 unspecified atom stereocenters. The molecule has 5 rings (SSSR count). The van der Waals surface area contributed by atoms with Crippen molar-refractivity contribution in [3.05, 3.63) is 141 Å². The van der Waals surface area contributed by atoms with E-state index in [1.165, 1.54) is 24.3 Å². The highest BCUT2D eigenvalue weighted by Gasteiger charge is 2.33. The first kappa shape index (κ1) is 26.2. The molecule has 0 spiro atoms. The van der Waals surface area contributed by atoms with Gasteiger partial charge in [-0.25, -0.2) is 8.42 Å². The number of halogens is 3. The van der Waals surface area contributed by atoms with Crippen LogP contribution >= 0.6 is 0 Å². The average molecular weight is 549 g/mol. The van der Waals surface area contributed by atoms with E-state index in [-0.39, 0.29) is 22.2 Å². The smallest absolute Gasteiger partial charge is 0.322 e. The number of hydrogen-bond acceptors (Lipinski definition) is 3. The van der Waals surface area contributed by atoms with Gasteiger partial charge in [-0.15, -0.1) is 0 Å². The number of aromatic nitrogens is 1. The molecule has 0 saturated carbocycles. The summed E-state index contributed by atoms with van der Waals surface area (Å²) in [6.07, 6.45) is -3.72. The van der Waals surface area contributed by atoms with E-state index >= 15 is 0 Å². The number of aromatic amines is 1. The number of alkyl halides is 3. The summed E-state index contributed by atoms with van der Waals surface area (Å²) in [4.78, 5) is 14.1. The monoisotopic (exact) mass is 548 g/mol. The number of fused-ring (bicyclic) bond motifs is 1. The van der Waals surface area contributed by atoms with Crippen molar-refractivity contribution < 1.29 is 21.6 Å². The molecule has 0 aliphatic rings. The highest BCUT2D eigenvalue weighted by Crippen LogP contribution is 2.34. The van der Waals surface area contributed by atoms with Gasteiger partial charge in [0.2, 0.25) is 5.56 Å². The molecule has 5 aromatic rings. The Kier molecular flexibility index (Phi) is 7.01. The minimum atomic E-state index is -4.67. The van der Waals surface area contributed by atoms with Gasteiger partial charge in [0.15, 0.2) is 0 Å². The van der Waals surface area contributed by atoms with Crippen molar-refractivity contribution >= 4 is 26.6 Å². The summed E-state index contributed by atoms with van der Waals surface area (Å²) in [5.74, 6) is 0. The van der Waals surface area contributed by atoms with E-state index in [0.29, 0.717) is 23.7 Å². The quantitative estimate of drug-likeness (QED) is 0.243. The minimum absolute atomic E-state index is 0.0650. The Morgan fingerprint density at radius 2 is 1.31 bits per heavy atom. The lowest BCUT2D eigenvalue weighted by atomic mass is 10.0. The zero-order valence-corrected chi connectivity index (χ0v) is 21.3. The van der Waals surface area contributed by atoms with Crippen LogP contribution in [-0.4, -0.2) is 13.4 Å². The van der Waals surface area contributed by atoms with Gasteiger partial charge in [-0.2, -0.15) is 13.2 Å². The first-order valence-electron chi connectivity index (χ1n) is 12.0. The van der Waals surface area contributed by atoms with Gasteiger partial charge in [0, 0.05) is 22.7 Å². The minimum Gasteiger partial charge on any atom is -0.322 e. The lowest BCUT2D eigenvalue weighted by molar-refractivity contribution is -0.136. The number of nitrogens with one attached hydrogen (secondary N) is 2. The SMILES string of the molecule is O=c1cc(C(F)(F)F)c2cc(Cc3ccc(S(=O)(=O)Nc4cccc(Cc5ccccc5)c4)cc3)ccc2[nH]1. The van der Waals surface area contributed by atoms with E-state index in [2.05, 4.69) is 9.71 Å². The number of pyridine rings is 1. The maximum Gasteiger partial charge on any atom is 0.417 e. The first-order valence-corrected chi connectivity index (χ1v) is 13.5.